The Bertz CT molecular complexity index is 1500. The molecule has 1 aromatic carbocycles. The summed E-state index contributed by atoms with van der Waals surface area (Å²) in [7, 11) is 0. The second-order valence-electron chi connectivity index (χ2n) is 8.83. The molecular weight excluding hydrogens is 457 g/mol. The van der Waals surface area contributed by atoms with Crippen molar-refractivity contribution in [2.75, 3.05) is 0 Å². The minimum absolute atomic E-state index is 0.237. The second kappa shape index (κ2) is 8.13. The van der Waals surface area contributed by atoms with Crippen LogP contribution < -0.4 is 5.56 Å². The van der Waals surface area contributed by atoms with E-state index in [4.69, 9.17) is 11.6 Å². The van der Waals surface area contributed by atoms with Crippen LogP contribution in [0.4, 0.5) is 4.39 Å². The fourth-order valence-electron chi connectivity index (χ4n) is 5.04. The summed E-state index contributed by atoms with van der Waals surface area (Å²) in [6.07, 6.45) is 5.26. The highest BCUT2D eigenvalue weighted by molar-refractivity contribution is 6.31. The van der Waals surface area contributed by atoms with Crippen LogP contribution in [0.2, 0.25) is 5.02 Å². The fraction of sp³-hybridized carbons (Fsp3) is 0.320. The summed E-state index contributed by atoms with van der Waals surface area (Å²) >= 11 is 6.17. The monoisotopic (exact) mass is 481 g/mol. The van der Waals surface area contributed by atoms with Crippen molar-refractivity contribution in [3.8, 4) is 5.69 Å². The number of carbonyl (C=O) groups is 1. The molecule has 0 saturated carbocycles. The van der Waals surface area contributed by atoms with Gasteiger partial charge in [-0.1, -0.05) is 11.6 Å². The smallest absolute Gasteiger partial charge is 0.275 e. The van der Waals surface area contributed by atoms with Gasteiger partial charge in [-0.25, -0.2) is 9.37 Å². The van der Waals surface area contributed by atoms with Crippen molar-refractivity contribution < 1.29 is 9.18 Å². The third-order valence-corrected chi connectivity index (χ3v) is 6.87. The lowest BCUT2D eigenvalue weighted by atomic mass is 10.0. The molecule has 0 saturated heterocycles. The van der Waals surface area contributed by atoms with Crippen molar-refractivity contribution in [2.24, 2.45) is 0 Å². The molecule has 34 heavy (non-hydrogen) atoms. The van der Waals surface area contributed by atoms with Crippen LogP contribution in [0.5, 0.6) is 0 Å². The van der Waals surface area contributed by atoms with E-state index in [2.05, 4.69) is 4.98 Å². The predicted molar refractivity (Wildman–Crippen MR) is 129 cm³/mol. The van der Waals surface area contributed by atoms with Crippen LogP contribution in [0.15, 0.2) is 47.8 Å². The first kappa shape index (κ1) is 22.4. The number of benzene rings is 1. The summed E-state index contributed by atoms with van der Waals surface area (Å²) in [4.78, 5) is 32.8. The Hall–Kier alpha value is -3.39. The third kappa shape index (κ3) is 3.36. The van der Waals surface area contributed by atoms with Gasteiger partial charge in [-0.2, -0.15) is 0 Å². The van der Waals surface area contributed by atoms with Crippen molar-refractivity contribution in [3.63, 3.8) is 0 Å². The van der Waals surface area contributed by atoms with E-state index in [1.165, 1.54) is 10.6 Å². The van der Waals surface area contributed by atoms with E-state index in [1.807, 2.05) is 38.5 Å². The molecule has 176 valence electrons. The number of imidazole rings is 1. The van der Waals surface area contributed by atoms with Gasteiger partial charge in [-0.15, -0.1) is 0 Å². The van der Waals surface area contributed by atoms with E-state index >= 15 is 0 Å². The van der Waals surface area contributed by atoms with Crippen molar-refractivity contribution in [2.45, 2.75) is 52.9 Å². The summed E-state index contributed by atoms with van der Waals surface area (Å²) in [5.41, 5.74) is 2.64. The predicted octanol–water partition coefficient (Wildman–Crippen LogP) is 4.72. The molecule has 0 fully saturated rings. The molecule has 4 aromatic rings. The molecule has 0 aliphatic carbocycles. The van der Waals surface area contributed by atoms with Gasteiger partial charge < -0.3 is 18.6 Å². The number of nitrogens with zero attached hydrogens (tertiary/aromatic N) is 5. The molecular formula is C25H25ClFN5O2. The molecule has 1 aliphatic rings. The van der Waals surface area contributed by atoms with Crippen molar-refractivity contribution >= 4 is 28.4 Å². The maximum absolute atomic E-state index is 14.8. The molecule has 1 amide bonds. The maximum atomic E-state index is 14.8. The number of rotatable bonds is 4. The van der Waals surface area contributed by atoms with Crippen LogP contribution in [0.1, 0.15) is 48.6 Å². The largest absolute Gasteiger partial charge is 0.345 e. The second-order valence-corrected chi connectivity index (χ2v) is 9.27. The molecule has 4 heterocycles. The highest BCUT2D eigenvalue weighted by Gasteiger charge is 2.36. The number of hydrogen-bond donors (Lipinski definition) is 0. The van der Waals surface area contributed by atoms with Crippen molar-refractivity contribution in [1.29, 1.82) is 0 Å². The van der Waals surface area contributed by atoms with Crippen LogP contribution in [0.25, 0.3) is 16.6 Å². The fourth-order valence-corrected chi connectivity index (χ4v) is 5.24. The van der Waals surface area contributed by atoms with Gasteiger partial charge >= 0.3 is 0 Å². The zero-order valence-corrected chi connectivity index (χ0v) is 20.2. The Morgan fingerprint density at radius 3 is 2.68 bits per heavy atom. The Balaban J connectivity index is 1.58. The Kier molecular flexibility index (Phi) is 5.36. The van der Waals surface area contributed by atoms with Crippen molar-refractivity contribution in [3.05, 3.63) is 81.1 Å². The average Bonchev–Trinajstić information content (AvgIpc) is 3.38. The summed E-state index contributed by atoms with van der Waals surface area (Å²) < 4.78 is 19.8. The highest BCUT2D eigenvalue weighted by atomic mass is 35.5. The zero-order valence-electron chi connectivity index (χ0n) is 19.4. The molecule has 2 atom stereocenters. The van der Waals surface area contributed by atoms with E-state index in [-0.39, 0.29) is 29.4 Å². The van der Waals surface area contributed by atoms with Gasteiger partial charge in [0.15, 0.2) is 0 Å². The standard InChI is InChI=1S/C25H25ClFN5O2/c1-5-29-12-19(18-8-17(26)9-20(27)23(18)29)16(4)32-15(3)11-31-22(25(32)34)7-6-21(24(31)33)30-10-14(2)28-13-30/h6-10,12-13,15-16H,5,11H2,1-4H3/t15-,16-/m1/s1. The van der Waals surface area contributed by atoms with E-state index in [0.717, 1.165) is 11.3 Å². The molecule has 0 unspecified atom stereocenters. The molecule has 3 aromatic heterocycles. The first-order valence-electron chi connectivity index (χ1n) is 11.3. The number of fused-ring (bicyclic) bond motifs is 2. The SMILES string of the molecule is CCn1cc([C@@H](C)N2C(=O)c3ccc(-n4cnc(C)c4)c(=O)n3C[C@H]2C)c2cc(Cl)cc(F)c21. The Labute approximate surface area is 201 Å². The molecule has 9 heteroatoms. The molecule has 0 bridgehead atoms. The van der Waals surface area contributed by atoms with E-state index in [0.29, 0.717) is 40.4 Å². The molecule has 1 aliphatic heterocycles. The number of aromatic nitrogens is 4. The first-order valence-corrected chi connectivity index (χ1v) is 11.6. The lowest BCUT2D eigenvalue weighted by Gasteiger charge is -2.39. The zero-order chi connectivity index (χ0) is 24.3. The van der Waals surface area contributed by atoms with E-state index in [9.17, 15) is 14.0 Å². The number of halogens is 2. The summed E-state index contributed by atoms with van der Waals surface area (Å²) in [6, 6.07) is 5.79. The van der Waals surface area contributed by atoms with Crippen LogP contribution in [0.3, 0.4) is 0 Å². The lowest BCUT2D eigenvalue weighted by Crippen LogP contribution is -2.50. The van der Waals surface area contributed by atoms with Gasteiger partial charge in [0.1, 0.15) is 17.2 Å². The lowest BCUT2D eigenvalue weighted by molar-refractivity contribution is 0.0512. The van der Waals surface area contributed by atoms with Gasteiger partial charge in [0.05, 0.1) is 23.6 Å². The average molecular weight is 482 g/mol. The van der Waals surface area contributed by atoms with Crippen LogP contribution in [-0.4, -0.2) is 35.5 Å². The number of pyridine rings is 1. The van der Waals surface area contributed by atoms with Gasteiger partial charge in [-0.05, 0) is 52.0 Å². The minimum atomic E-state index is -0.389. The number of amides is 1. The highest BCUT2D eigenvalue weighted by Crippen LogP contribution is 2.36. The number of aryl methyl sites for hydroxylation is 2. The van der Waals surface area contributed by atoms with Gasteiger partial charge in [-0.3, -0.25) is 9.59 Å². The third-order valence-electron chi connectivity index (χ3n) is 6.65. The summed E-state index contributed by atoms with van der Waals surface area (Å²) in [6.45, 7) is 8.58. The van der Waals surface area contributed by atoms with Gasteiger partial charge in [0.25, 0.3) is 11.5 Å². The van der Waals surface area contributed by atoms with E-state index in [1.54, 1.807) is 40.2 Å². The molecule has 5 rings (SSSR count). The molecule has 0 radical (unpaired) electrons. The Morgan fingerprint density at radius 1 is 1.24 bits per heavy atom. The minimum Gasteiger partial charge on any atom is -0.345 e. The van der Waals surface area contributed by atoms with Crippen LogP contribution >= 0.6 is 11.6 Å². The quantitative estimate of drug-likeness (QED) is 0.424. The maximum Gasteiger partial charge on any atom is 0.275 e. The first-order chi connectivity index (χ1) is 16.2. The normalized spacial score (nSPS) is 16.8. The molecule has 7 nitrogen and oxygen atoms in total. The van der Waals surface area contributed by atoms with E-state index < -0.39 is 0 Å². The van der Waals surface area contributed by atoms with Gasteiger partial charge in [0.2, 0.25) is 0 Å². The summed E-state index contributed by atoms with van der Waals surface area (Å²) in [5.74, 6) is -0.628. The number of hydrogen-bond acceptors (Lipinski definition) is 3. The van der Waals surface area contributed by atoms with Gasteiger partial charge in [0, 0.05) is 47.5 Å². The topological polar surface area (TPSA) is 65.1 Å². The summed E-state index contributed by atoms with van der Waals surface area (Å²) in [5, 5.41) is 0.998. The van der Waals surface area contributed by atoms with Crippen LogP contribution in [0, 0.1) is 12.7 Å². The van der Waals surface area contributed by atoms with Crippen LogP contribution in [-0.2, 0) is 13.1 Å². The molecule has 0 N–H and O–H groups in total. The molecule has 0 spiro atoms. The van der Waals surface area contributed by atoms with Crippen molar-refractivity contribution in [1.82, 2.24) is 23.6 Å². The Morgan fingerprint density at radius 2 is 2.00 bits per heavy atom. The number of carbonyl (C=O) groups excluding carboxylic acids is 1.